The fourth-order valence-corrected chi connectivity index (χ4v) is 1.94. The van der Waals surface area contributed by atoms with Gasteiger partial charge in [0.15, 0.2) is 0 Å². The largest absolute Gasteiger partial charge is 0.435 e. The van der Waals surface area contributed by atoms with E-state index in [2.05, 4.69) is 4.74 Å². The Kier molecular flexibility index (Phi) is 9.14. The monoisotopic (exact) mass is 354 g/mol. The first-order valence-electron chi connectivity index (χ1n) is 7.45. The molecule has 0 N–H and O–H groups in total. The summed E-state index contributed by atoms with van der Waals surface area (Å²) in [4.78, 5) is 14.0. The minimum Gasteiger partial charge on any atom is -0.435 e. The van der Waals surface area contributed by atoms with E-state index < -0.39 is 12.5 Å². The number of amides is 1. The maximum absolute atomic E-state index is 12.5. The van der Waals surface area contributed by atoms with Crippen LogP contribution in [0, 0.1) is 11.3 Å². The Balaban J connectivity index is 2.91. The molecule has 1 aromatic rings. The molecule has 25 heavy (non-hydrogen) atoms. The molecule has 136 valence electrons. The van der Waals surface area contributed by atoms with Gasteiger partial charge in [-0.3, -0.25) is 4.79 Å². The van der Waals surface area contributed by atoms with Crippen molar-refractivity contribution < 1.29 is 27.8 Å². The van der Waals surface area contributed by atoms with Gasteiger partial charge in [-0.1, -0.05) is 12.1 Å². The second kappa shape index (κ2) is 11.1. The number of hydrogen-bond acceptors (Lipinski definition) is 5. The lowest BCUT2D eigenvalue weighted by Gasteiger charge is -2.21. The number of alkyl halides is 2. The highest BCUT2D eigenvalue weighted by atomic mass is 19.3. The molecule has 0 spiro atoms. The topological polar surface area (TPSA) is 71.8 Å². The summed E-state index contributed by atoms with van der Waals surface area (Å²) in [5.74, 6) is -0.455. The maximum atomic E-state index is 12.5. The van der Waals surface area contributed by atoms with Crippen LogP contribution in [0.15, 0.2) is 29.8 Å². The molecule has 0 aliphatic carbocycles. The molecule has 0 fully saturated rings. The van der Waals surface area contributed by atoms with Crippen LogP contribution >= 0.6 is 0 Å². The van der Waals surface area contributed by atoms with Crippen LogP contribution in [0.4, 0.5) is 8.78 Å². The number of methoxy groups -OCH3 is 2. The van der Waals surface area contributed by atoms with Gasteiger partial charge < -0.3 is 19.1 Å². The van der Waals surface area contributed by atoms with Crippen molar-refractivity contribution in [1.29, 1.82) is 5.26 Å². The molecule has 0 unspecified atom stereocenters. The molecule has 0 saturated heterocycles. The van der Waals surface area contributed by atoms with E-state index in [9.17, 15) is 18.8 Å². The van der Waals surface area contributed by atoms with Crippen LogP contribution in [0.1, 0.15) is 5.56 Å². The van der Waals surface area contributed by atoms with Gasteiger partial charge in [-0.2, -0.15) is 14.0 Å². The molecule has 0 saturated carbocycles. The number of benzene rings is 1. The molecule has 0 radical (unpaired) electrons. The summed E-state index contributed by atoms with van der Waals surface area (Å²) in [7, 11) is 3.03. The third-order valence-electron chi connectivity index (χ3n) is 3.19. The van der Waals surface area contributed by atoms with Gasteiger partial charge in [0.25, 0.3) is 5.91 Å². The van der Waals surface area contributed by atoms with Gasteiger partial charge in [0.1, 0.15) is 17.4 Å². The van der Waals surface area contributed by atoms with Crippen molar-refractivity contribution in [2.24, 2.45) is 0 Å². The van der Waals surface area contributed by atoms with E-state index in [-0.39, 0.29) is 11.3 Å². The molecule has 0 heterocycles. The van der Waals surface area contributed by atoms with E-state index >= 15 is 0 Å². The van der Waals surface area contributed by atoms with Crippen molar-refractivity contribution in [1.82, 2.24) is 4.90 Å². The van der Waals surface area contributed by atoms with Crippen LogP contribution in [-0.2, 0) is 14.3 Å². The number of carbonyl (C=O) groups excluding carboxylic acids is 1. The minimum atomic E-state index is -2.91. The summed E-state index contributed by atoms with van der Waals surface area (Å²) in [5, 5.41) is 9.28. The van der Waals surface area contributed by atoms with Crippen molar-refractivity contribution in [2.45, 2.75) is 6.61 Å². The SMILES string of the molecule is COCCN(CCOC)C(=O)/C(C#N)=C\c1ccc(OC(F)F)cc1. The Morgan fingerprint density at radius 1 is 1.20 bits per heavy atom. The van der Waals surface area contributed by atoms with Crippen LogP contribution in [0.2, 0.25) is 0 Å². The molecular weight excluding hydrogens is 334 g/mol. The number of rotatable bonds is 10. The Morgan fingerprint density at radius 3 is 2.20 bits per heavy atom. The zero-order chi connectivity index (χ0) is 18.7. The second-order valence-electron chi connectivity index (χ2n) is 4.90. The first kappa shape index (κ1) is 20.5. The van der Waals surface area contributed by atoms with Crippen molar-refractivity contribution in [3.63, 3.8) is 0 Å². The molecule has 0 bridgehead atoms. The number of hydrogen-bond donors (Lipinski definition) is 0. The average Bonchev–Trinajstić information content (AvgIpc) is 2.60. The Labute approximate surface area is 145 Å². The molecule has 1 rings (SSSR count). The van der Waals surface area contributed by atoms with Gasteiger partial charge >= 0.3 is 6.61 Å². The van der Waals surface area contributed by atoms with E-state index in [4.69, 9.17) is 9.47 Å². The molecule has 6 nitrogen and oxygen atoms in total. The van der Waals surface area contributed by atoms with Gasteiger partial charge in [-0.15, -0.1) is 0 Å². The lowest BCUT2D eigenvalue weighted by Crippen LogP contribution is -2.37. The van der Waals surface area contributed by atoms with Crippen LogP contribution in [0.5, 0.6) is 5.75 Å². The maximum Gasteiger partial charge on any atom is 0.387 e. The number of nitrogens with zero attached hydrogens (tertiary/aromatic N) is 2. The molecule has 0 aromatic heterocycles. The number of carbonyl (C=O) groups is 1. The first-order valence-corrected chi connectivity index (χ1v) is 7.45. The molecule has 0 aliphatic heterocycles. The van der Waals surface area contributed by atoms with Crippen LogP contribution in [0.25, 0.3) is 6.08 Å². The fraction of sp³-hybridized carbons (Fsp3) is 0.412. The van der Waals surface area contributed by atoms with Crippen molar-refractivity contribution in [3.8, 4) is 11.8 Å². The van der Waals surface area contributed by atoms with Gasteiger partial charge in [0.2, 0.25) is 0 Å². The number of halogens is 2. The quantitative estimate of drug-likeness (QED) is 0.476. The lowest BCUT2D eigenvalue weighted by atomic mass is 10.1. The average molecular weight is 354 g/mol. The highest BCUT2D eigenvalue weighted by Gasteiger charge is 2.18. The van der Waals surface area contributed by atoms with E-state index in [1.807, 2.05) is 6.07 Å². The predicted molar refractivity (Wildman–Crippen MR) is 87.0 cm³/mol. The van der Waals surface area contributed by atoms with E-state index in [0.29, 0.717) is 31.9 Å². The summed E-state index contributed by atoms with van der Waals surface area (Å²) in [6, 6.07) is 7.51. The van der Waals surface area contributed by atoms with Crippen molar-refractivity contribution in [3.05, 3.63) is 35.4 Å². The van der Waals surface area contributed by atoms with E-state index in [0.717, 1.165) is 0 Å². The van der Waals surface area contributed by atoms with Crippen molar-refractivity contribution >= 4 is 12.0 Å². The van der Waals surface area contributed by atoms with E-state index in [1.165, 1.54) is 49.5 Å². The van der Waals surface area contributed by atoms with E-state index in [1.54, 1.807) is 0 Å². The van der Waals surface area contributed by atoms with Gasteiger partial charge in [-0.25, -0.2) is 0 Å². The summed E-state index contributed by atoms with van der Waals surface area (Å²) in [6.07, 6.45) is 1.39. The zero-order valence-electron chi connectivity index (χ0n) is 14.1. The molecular formula is C17H20F2N2O4. The minimum absolute atomic E-state index is 0.00111. The highest BCUT2D eigenvalue weighted by molar-refractivity contribution is 6.01. The van der Waals surface area contributed by atoms with Gasteiger partial charge in [0.05, 0.1) is 13.2 Å². The van der Waals surface area contributed by atoms with Crippen LogP contribution in [0.3, 0.4) is 0 Å². The highest BCUT2D eigenvalue weighted by Crippen LogP contribution is 2.17. The fourth-order valence-electron chi connectivity index (χ4n) is 1.94. The second-order valence-corrected chi connectivity index (χ2v) is 4.90. The lowest BCUT2D eigenvalue weighted by molar-refractivity contribution is -0.127. The Morgan fingerprint density at radius 2 is 1.76 bits per heavy atom. The third-order valence-corrected chi connectivity index (χ3v) is 3.19. The molecule has 1 amide bonds. The molecule has 0 aliphatic rings. The standard InChI is InChI=1S/C17H20F2N2O4/c1-23-9-7-21(8-10-24-2)16(22)14(12-20)11-13-3-5-15(6-4-13)25-17(18)19/h3-6,11,17H,7-10H2,1-2H3/b14-11-. The number of ether oxygens (including phenoxy) is 3. The summed E-state index contributed by atoms with van der Waals surface area (Å²) < 4.78 is 38.5. The summed E-state index contributed by atoms with van der Waals surface area (Å²) in [6.45, 7) is -1.62. The number of nitriles is 1. The predicted octanol–water partition coefficient (Wildman–Crippen LogP) is 2.32. The normalized spacial score (nSPS) is 11.3. The van der Waals surface area contributed by atoms with Crippen LogP contribution in [-0.4, -0.2) is 57.9 Å². The summed E-state index contributed by atoms with van der Waals surface area (Å²) >= 11 is 0. The Bertz CT molecular complexity index is 604. The zero-order valence-corrected chi connectivity index (χ0v) is 14.1. The third kappa shape index (κ3) is 7.28. The van der Waals surface area contributed by atoms with Crippen molar-refractivity contribution in [2.75, 3.05) is 40.5 Å². The first-order chi connectivity index (χ1) is 12.0. The molecule has 1 aromatic carbocycles. The summed E-state index contributed by atoms with van der Waals surface area (Å²) in [5.41, 5.74) is 0.444. The van der Waals surface area contributed by atoms with Gasteiger partial charge in [-0.05, 0) is 23.8 Å². The van der Waals surface area contributed by atoms with Gasteiger partial charge in [0, 0.05) is 27.3 Å². The Hall–Kier alpha value is -2.50. The smallest absolute Gasteiger partial charge is 0.387 e. The van der Waals surface area contributed by atoms with Crippen LogP contribution < -0.4 is 4.74 Å². The molecule has 8 heteroatoms. The molecule has 0 atom stereocenters.